The summed E-state index contributed by atoms with van der Waals surface area (Å²) in [6, 6.07) is 71.9. The predicted octanol–water partition coefficient (Wildman–Crippen LogP) is 22.2. The van der Waals surface area contributed by atoms with Gasteiger partial charge in [0, 0.05) is 157 Å². The summed E-state index contributed by atoms with van der Waals surface area (Å²) >= 11 is 15.6. The molecule has 0 amide bonds. The molecule has 8 aromatic rings. The van der Waals surface area contributed by atoms with Crippen LogP contribution in [0.2, 0.25) is 0 Å². The molecule has 6 heterocycles. The van der Waals surface area contributed by atoms with Crippen LogP contribution in [0, 0.1) is 0 Å². The fourth-order valence-electron chi connectivity index (χ4n) is 17.3. The standard InChI is InChI=1S/C35H39N3.C29H34ClN2.C29H34N2O.C6H7N.Cl2HO2P.ClH/c1-7-37-30-22-14-12-20-28(30)34(3,4)32(37)24-16-19-27(36-26-17-10-9-11-18-26)25-33-35(5,6)29-21-13-15-23-31(29)38(33)8-2;1-7-31-24-17-11-9-15-22(24)28(3,4)26(31)19-13-14-21(30)20-27-29(5,6)23-16-10-12-18-25(23)32(27)8-2;1-7-30-24-17-11-9-15-22(24)28(3,4)26(30)19-13-14-21(32)20-27-29(5,6)23-16-10-12-18-25(23)31(27)8-2;7-6-4-2-1-3-5-6;1-5(2,3)4;/h9-25H,7-8H2,1-6H3;2*9-20H,7-8H2,1-6H3;1-5H,7H2;(H,3,4);1H/q;+1;;;;/b;;14-13+,26-19+,27-20+;;;. The van der Waals surface area contributed by atoms with E-state index in [1.807, 2.05) is 48.6 Å². The monoisotopic (exact) mass is 1640 g/mol. The molecule has 602 valence electrons. The molecule has 0 unspecified atom stereocenters. The highest BCUT2D eigenvalue weighted by atomic mass is 35.9. The van der Waals surface area contributed by atoms with Crippen molar-refractivity contribution in [1.29, 1.82) is 0 Å². The average molecular weight is 1640 g/mol. The number of carbonyl (C=O) groups excluding carboxylic acids is 1. The first kappa shape index (κ1) is 89.5. The van der Waals surface area contributed by atoms with Gasteiger partial charge in [-0.1, -0.05) is 231 Å². The third kappa shape index (κ3) is 19.3. The number of hydrogen-bond donors (Lipinski definition) is 3. The van der Waals surface area contributed by atoms with E-state index in [1.165, 1.54) is 96.0 Å². The Kier molecular flexibility index (Phi) is 29.3. The van der Waals surface area contributed by atoms with Crippen molar-refractivity contribution >= 4 is 103 Å². The minimum atomic E-state index is -3.69. The average Bonchev–Trinajstić information content (AvgIpc) is 1.61. The number of rotatable bonds is 17. The second-order valence-electron chi connectivity index (χ2n) is 32.2. The lowest BCUT2D eigenvalue weighted by Crippen LogP contribution is -3.00. The fraction of sp³-hybridized carbons (Fsp3) is 0.303. The van der Waals surface area contributed by atoms with E-state index in [0.29, 0.717) is 0 Å². The van der Waals surface area contributed by atoms with Gasteiger partial charge in [-0.2, -0.15) is 9.15 Å². The van der Waals surface area contributed by atoms with Gasteiger partial charge in [-0.3, -0.25) is 9.36 Å². The SMILES string of the molecule is CCN1/C(=C/C=C/C(=O)/C=C2/N(CC)c3ccccc3C2(C)C)C(C)(C)c2ccccc21.CCN1C(=CC(=CC=CC2=[N+](CC)c3ccccc3C2(C)C)Nc2ccccc2)C(C)(C)c2ccccc21.CCN1C(=CC(Cl)=CC=CC2=[N+](CC)c3ccccc3C2(C)C)C(C)(C)c2ccccc21.Nc1ccccc1.O=P(O)(Cl)Cl.[Cl-]. The normalized spacial score (nSPS) is 18.8. The molecule has 0 saturated carbocycles. The Labute approximate surface area is 706 Å². The van der Waals surface area contributed by atoms with Gasteiger partial charge in [0.15, 0.2) is 17.2 Å². The van der Waals surface area contributed by atoms with Crippen molar-refractivity contribution in [3.05, 3.63) is 346 Å². The highest BCUT2D eigenvalue weighted by Crippen LogP contribution is 2.53. The Morgan fingerprint density at radius 1 is 0.426 bits per heavy atom. The van der Waals surface area contributed by atoms with Crippen molar-refractivity contribution in [2.24, 2.45) is 0 Å². The molecule has 8 aromatic carbocycles. The van der Waals surface area contributed by atoms with E-state index in [9.17, 15) is 9.36 Å². The molecule has 6 aliphatic rings. The van der Waals surface area contributed by atoms with Crippen LogP contribution in [0.5, 0.6) is 0 Å². The molecule has 0 radical (unpaired) electrons. The van der Waals surface area contributed by atoms with Crippen LogP contribution < -0.4 is 43.1 Å². The van der Waals surface area contributed by atoms with Crippen LogP contribution in [0.3, 0.4) is 0 Å². The molecule has 4 N–H and O–H groups in total. The first-order chi connectivity index (χ1) is 54.1. The molecule has 0 aromatic heterocycles. The summed E-state index contributed by atoms with van der Waals surface area (Å²) in [7, 11) is 0. The molecule has 11 nitrogen and oxygen atoms in total. The lowest BCUT2D eigenvalue weighted by atomic mass is 9.81. The number of carbonyl (C=O) groups is 1. The Balaban J connectivity index is 0.000000183. The lowest BCUT2D eigenvalue weighted by Gasteiger charge is -2.27. The van der Waals surface area contributed by atoms with Gasteiger partial charge >= 0.3 is 6.07 Å². The maximum Gasteiger partial charge on any atom is 0.377 e. The molecular formula is C99H116Cl4N8O3P+. The number of fused-ring (bicyclic) bond motifs is 6. The van der Waals surface area contributed by atoms with E-state index in [1.54, 1.807) is 6.08 Å². The molecule has 14 rings (SSSR count). The molecule has 0 aliphatic carbocycles. The Morgan fingerprint density at radius 2 is 0.739 bits per heavy atom. The van der Waals surface area contributed by atoms with Crippen LogP contribution in [0.1, 0.15) is 158 Å². The number of para-hydroxylation sites is 8. The number of ketones is 1. The van der Waals surface area contributed by atoms with E-state index in [-0.39, 0.29) is 50.7 Å². The molecule has 115 heavy (non-hydrogen) atoms. The number of halogens is 4. The zero-order valence-corrected chi connectivity index (χ0v) is 74.2. The molecule has 0 bridgehead atoms. The number of nitrogens with two attached hydrogens (primary N) is 1. The number of hydrogen-bond acceptors (Lipinski definition) is 8. The summed E-state index contributed by atoms with van der Waals surface area (Å²) in [5.74, 6) is 0.0209. The van der Waals surface area contributed by atoms with Crippen LogP contribution in [0.4, 0.5) is 45.5 Å². The maximum absolute atomic E-state index is 13.0. The second kappa shape index (κ2) is 37.7. The maximum atomic E-state index is 13.0. The van der Waals surface area contributed by atoms with Crippen molar-refractivity contribution in [3.63, 3.8) is 0 Å². The van der Waals surface area contributed by atoms with Gasteiger partial charge in [0.25, 0.3) is 0 Å². The number of allylic oxidation sites excluding steroid dienone is 17. The second-order valence-corrected chi connectivity index (χ2v) is 36.8. The van der Waals surface area contributed by atoms with Gasteiger partial charge in [-0.05, 0) is 199 Å². The van der Waals surface area contributed by atoms with E-state index in [0.717, 1.165) is 67.1 Å². The molecule has 0 atom stereocenters. The first-order valence-electron chi connectivity index (χ1n) is 40.0. The highest BCUT2D eigenvalue weighted by Gasteiger charge is 2.47. The summed E-state index contributed by atoms with van der Waals surface area (Å²) in [6.45, 7) is 46.0. The van der Waals surface area contributed by atoms with Gasteiger partial charge < -0.3 is 48.0 Å². The van der Waals surface area contributed by atoms with Gasteiger partial charge in [-0.25, -0.2) is 0 Å². The smallest absolute Gasteiger partial charge is 0.377 e. The van der Waals surface area contributed by atoms with Crippen molar-refractivity contribution in [3.8, 4) is 0 Å². The van der Waals surface area contributed by atoms with Crippen LogP contribution >= 0.6 is 40.2 Å². The number of benzene rings is 8. The van der Waals surface area contributed by atoms with Crippen LogP contribution in [0.15, 0.2) is 313 Å². The molecule has 0 fully saturated rings. The predicted molar refractivity (Wildman–Crippen MR) is 489 cm³/mol. The number of nitrogens with one attached hydrogen (secondary N) is 1. The number of nitrogen functional groups attached to an aromatic ring is 1. The summed E-state index contributed by atoms with van der Waals surface area (Å²) in [5.41, 5.74) is 31.1. The summed E-state index contributed by atoms with van der Waals surface area (Å²) in [6.07, 6.45) is 21.3. The highest BCUT2D eigenvalue weighted by molar-refractivity contribution is 8.04. The zero-order chi connectivity index (χ0) is 82.7. The van der Waals surface area contributed by atoms with Crippen LogP contribution in [-0.4, -0.2) is 70.5 Å². The largest absolute Gasteiger partial charge is 1.00 e. The number of nitrogens with zero attached hydrogens (tertiary/aromatic N) is 6. The van der Waals surface area contributed by atoms with E-state index in [2.05, 4.69) is 406 Å². The minimum absolute atomic E-state index is 0. The Morgan fingerprint density at radius 3 is 1.10 bits per heavy atom. The molecule has 16 heteroatoms. The number of likely N-dealkylation sites (N-methyl/N-ethyl adjacent to an activating group) is 4. The lowest BCUT2D eigenvalue weighted by molar-refractivity contribution is -0.433. The summed E-state index contributed by atoms with van der Waals surface area (Å²) < 4.78 is 14.1. The van der Waals surface area contributed by atoms with E-state index < -0.39 is 6.07 Å². The first-order valence-corrected chi connectivity index (χ1v) is 43.8. The molecule has 0 spiro atoms. The minimum Gasteiger partial charge on any atom is -1.00 e. The number of anilines is 6. The Bertz CT molecular complexity index is 5230. The van der Waals surface area contributed by atoms with Crippen LogP contribution in [0.25, 0.3) is 0 Å². The molecule has 0 saturated heterocycles. The summed E-state index contributed by atoms with van der Waals surface area (Å²) in [5, 5.41) is 4.43. The molecular weight excluding hydrogens is 1520 g/mol. The quantitative estimate of drug-likeness (QED) is 0.0270. The van der Waals surface area contributed by atoms with Crippen molar-refractivity contribution in [1.82, 2.24) is 0 Å². The van der Waals surface area contributed by atoms with Gasteiger partial charge in [0.2, 0.25) is 11.4 Å². The van der Waals surface area contributed by atoms with E-state index >= 15 is 0 Å². The zero-order valence-electron chi connectivity index (χ0n) is 70.3. The topological polar surface area (TPSA) is 111 Å². The van der Waals surface area contributed by atoms with Crippen molar-refractivity contribution in [2.75, 3.05) is 69.9 Å². The molecule has 6 aliphatic heterocycles. The van der Waals surface area contributed by atoms with Crippen LogP contribution in [-0.2, 0) is 41.8 Å². The van der Waals surface area contributed by atoms with Gasteiger partial charge in [0.05, 0.1) is 10.8 Å². The Hall–Kier alpha value is -9.42. The van der Waals surface area contributed by atoms with Crippen molar-refractivity contribution < 1.29 is 35.8 Å². The fourth-order valence-corrected chi connectivity index (χ4v) is 17.4. The van der Waals surface area contributed by atoms with Gasteiger partial charge in [-0.15, -0.1) is 0 Å². The van der Waals surface area contributed by atoms with Gasteiger partial charge in [0.1, 0.15) is 13.1 Å². The van der Waals surface area contributed by atoms with Crippen molar-refractivity contribution in [2.45, 2.75) is 157 Å². The third-order valence-electron chi connectivity index (χ3n) is 23.0. The van der Waals surface area contributed by atoms with E-state index in [4.69, 9.17) is 22.2 Å². The summed E-state index contributed by atoms with van der Waals surface area (Å²) in [4.78, 5) is 30.0. The third-order valence-corrected chi connectivity index (χ3v) is 23.2.